The lowest BCUT2D eigenvalue weighted by molar-refractivity contribution is -0.121. The number of amides is 1. The Kier molecular flexibility index (Phi) is 4.67. The molecule has 0 saturated carbocycles. The first-order chi connectivity index (χ1) is 13.3. The zero-order valence-corrected chi connectivity index (χ0v) is 15.5. The molecule has 1 amide bonds. The third-order valence-corrected chi connectivity index (χ3v) is 7.01. The van der Waals surface area contributed by atoms with Gasteiger partial charge in [0.2, 0.25) is 15.9 Å². The Morgan fingerprint density at radius 2 is 1.86 bits per heavy atom. The molecule has 0 N–H and O–H groups in total. The van der Waals surface area contributed by atoms with Crippen molar-refractivity contribution < 1.29 is 26.4 Å². The third-order valence-electron chi connectivity index (χ3n) is 5.12. The van der Waals surface area contributed by atoms with Crippen LogP contribution in [-0.4, -0.2) is 43.9 Å². The number of benzene rings is 2. The van der Waals surface area contributed by atoms with Gasteiger partial charge in [-0.2, -0.15) is 4.31 Å². The highest BCUT2D eigenvalue weighted by Gasteiger charge is 2.47. The van der Waals surface area contributed by atoms with Crippen molar-refractivity contribution in [3.63, 3.8) is 0 Å². The van der Waals surface area contributed by atoms with Gasteiger partial charge in [-0.05, 0) is 36.2 Å². The maximum Gasteiger partial charge on any atom is 0.246 e. The Morgan fingerprint density at radius 1 is 1.11 bits per heavy atom. The van der Waals surface area contributed by atoms with E-state index in [1.54, 1.807) is 12.1 Å². The second kappa shape index (κ2) is 6.89. The highest BCUT2D eigenvalue weighted by Crippen LogP contribution is 2.34. The average Bonchev–Trinajstić information content (AvgIpc) is 3.27. The number of para-hydroxylation sites is 1. The van der Waals surface area contributed by atoms with Crippen molar-refractivity contribution in [3.8, 4) is 0 Å². The molecular weight excluding hydrogens is 393 g/mol. The van der Waals surface area contributed by atoms with E-state index in [1.165, 1.54) is 4.90 Å². The van der Waals surface area contributed by atoms with Crippen molar-refractivity contribution in [3.05, 3.63) is 59.7 Å². The van der Waals surface area contributed by atoms with Crippen LogP contribution in [0.5, 0.6) is 0 Å². The molecule has 1 saturated heterocycles. The molecule has 2 aromatic carbocycles. The van der Waals surface area contributed by atoms with Crippen molar-refractivity contribution in [2.45, 2.75) is 30.0 Å². The molecule has 28 heavy (non-hydrogen) atoms. The first-order valence-electron chi connectivity index (χ1n) is 8.79. The molecule has 2 heterocycles. The minimum Gasteiger partial charge on any atom is -0.310 e. The first kappa shape index (κ1) is 18.9. The summed E-state index contributed by atoms with van der Waals surface area (Å²) in [6, 6.07) is 7.92. The smallest absolute Gasteiger partial charge is 0.246 e. The van der Waals surface area contributed by atoms with Crippen LogP contribution in [-0.2, 0) is 21.2 Å². The first-order valence-corrected chi connectivity index (χ1v) is 10.2. The lowest BCUT2D eigenvalue weighted by atomic mass is 10.1. The number of anilines is 1. The lowest BCUT2D eigenvalue weighted by Crippen LogP contribution is -2.47. The molecule has 9 heteroatoms. The molecule has 4 rings (SSSR count). The molecule has 2 aliphatic heterocycles. The van der Waals surface area contributed by atoms with Gasteiger partial charge in [0.05, 0.1) is 0 Å². The molecule has 0 bridgehead atoms. The van der Waals surface area contributed by atoms with E-state index in [0.717, 1.165) is 11.6 Å². The molecule has 2 atom stereocenters. The average molecular weight is 410 g/mol. The Labute approximate surface area is 160 Å². The second-order valence-corrected chi connectivity index (χ2v) is 8.73. The minimum atomic E-state index is -4.60. The van der Waals surface area contributed by atoms with Gasteiger partial charge in [0.25, 0.3) is 0 Å². The van der Waals surface area contributed by atoms with Gasteiger partial charge >= 0.3 is 0 Å². The molecule has 2 aliphatic rings. The van der Waals surface area contributed by atoms with Crippen molar-refractivity contribution >= 4 is 21.6 Å². The second-order valence-electron chi connectivity index (χ2n) is 6.87. The van der Waals surface area contributed by atoms with Crippen LogP contribution in [0.2, 0.25) is 0 Å². The summed E-state index contributed by atoms with van der Waals surface area (Å²) in [7, 11) is -4.60. The van der Waals surface area contributed by atoms with Crippen molar-refractivity contribution in [2.24, 2.45) is 0 Å². The number of sulfonamides is 1. The zero-order chi connectivity index (χ0) is 20.1. The van der Waals surface area contributed by atoms with Crippen molar-refractivity contribution in [2.75, 3.05) is 18.0 Å². The summed E-state index contributed by atoms with van der Waals surface area (Å²) < 4.78 is 68.2. The highest BCUT2D eigenvalue weighted by molar-refractivity contribution is 7.89. The maximum atomic E-state index is 14.1. The van der Waals surface area contributed by atoms with Crippen molar-refractivity contribution in [1.82, 2.24) is 4.31 Å². The summed E-state index contributed by atoms with van der Waals surface area (Å²) in [5.74, 6) is -2.65. The largest absolute Gasteiger partial charge is 0.310 e. The standard InChI is InChI=1S/C19H17F3N2O3S/c20-13-5-6-15(22)18(10-13)28(26,27)24-11-14(21)9-17(24)19(25)23-8-7-12-3-1-2-4-16(12)23/h1-6,10,14,17H,7-9,11H2/t14-,17-/m0/s1. The number of halogens is 3. The molecule has 1 fully saturated rings. The van der Waals surface area contributed by atoms with Gasteiger partial charge in [-0.25, -0.2) is 21.6 Å². The van der Waals surface area contributed by atoms with Crippen LogP contribution in [0.15, 0.2) is 47.4 Å². The van der Waals surface area contributed by atoms with Gasteiger partial charge in [-0.3, -0.25) is 4.79 Å². The van der Waals surface area contributed by atoms with Gasteiger partial charge in [0, 0.05) is 25.2 Å². The summed E-state index contributed by atoms with van der Waals surface area (Å²) >= 11 is 0. The number of rotatable bonds is 3. The van der Waals surface area contributed by atoms with Crippen LogP contribution in [0.25, 0.3) is 0 Å². The predicted molar refractivity (Wildman–Crippen MR) is 96.0 cm³/mol. The van der Waals surface area contributed by atoms with Crippen LogP contribution in [0.4, 0.5) is 18.9 Å². The molecule has 0 radical (unpaired) electrons. The van der Waals surface area contributed by atoms with E-state index in [9.17, 15) is 26.4 Å². The van der Waals surface area contributed by atoms with E-state index in [1.807, 2.05) is 12.1 Å². The number of hydrogen-bond donors (Lipinski definition) is 0. The Hall–Kier alpha value is -2.39. The van der Waals surface area contributed by atoms with Gasteiger partial charge in [0.15, 0.2) is 0 Å². The Balaban J connectivity index is 1.70. The van der Waals surface area contributed by atoms with E-state index >= 15 is 0 Å². The zero-order valence-electron chi connectivity index (χ0n) is 14.7. The van der Waals surface area contributed by atoms with Crippen LogP contribution in [0.3, 0.4) is 0 Å². The minimum absolute atomic E-state index is 0.326. The number of hydrogen-bond acceptors (Lipinski definition) is 3. The topological polar surface area (TPSA) is 57.7 Å². The molecule has 0 aromatic heterocycles. The van der Waals surface area contributed by atoms with Crippen LogP contribution in [0, 0.1) is 11.6 Å². The monoisotopic (exact) mass is 410 g/mol. The maximum absolute atomic E-state index is 14.1. The molecule has 148 valence electrons. The Bertz CT molecular complexity index is 1040. The molecule has 5 nitrogen and oxygen atoms in total. The molecule has 0 spiro atoms. The molecule has 2 aromatic rings. The Morgan fingerprint density at radius 3 is 2.64 bits per heavy atom. The van der Waals surface area contributed by atoms with Gasteiger partial charge < -0.3 is 4.90 Å². The lowest BCUT2D eigenvalue weighted by Gasteiger charge is -2.27. The van der Waals surface area contributed by atoms with E-state index < -0.39 is 51.2 Å². The van der Waals surface area contributed by atoms with Crippen LogP contribution >= 0.6 is 0 Å². The van der Waals surface area contributed by atoms with E-state index in [4.69, 9.17) is 0 Å². The fraction of sp³-hybridized carbons (Fsp3) is 0.316. The third kappa shape index (κ3) is 3.08. The van der Waals surface area contributed by atoms with Gasteiger partial charge in [-0.15, -0.1) is 0 Å². The van der Waals surface area contributed by atoms with Crippen LogP contribution in [0.1, 0.15) is 12.0 Å². The summed E-state index contributed by atoms with van der Waals surface area (Å²) in [6.45, 7) is -0.224. The van der Waals surface area contributed by atoms with Crippen LogP contribution < -0.4 is 4.90 Å². The SMILES string of the molecule is O=C([C@@H]1C[C@H](F)CN1S(=O)(=O)c1cc(F)ccc1F)N1CCc2ccccc21. The number of fused-ring (bicyclic) bond motifs is 1. The normalized spacial score (nSPS) is 22.5. The van der Waals surface area contributed by atoms with Gasteiger partial charge in [0.1, 0.15) is 28.7 Å². The fourth-order valence-electron chi connectivity index (χ4n) is 3.79. The van der Waals surface area contributed by atoms with E-state index in [-0.39, 0.29) is 6.42 Å². The number of carbonyl (C=O) groups is 1. The number of nitrogens with zero attached hydrogens (tertiary/aromatic N) is 2. The fourth-order valence-corrected chi connectivity index (χ4v) is 5.49. The van der Waals surface area contributed by atoms with Crippen molar-refractivity contribution in [1.29, 1.82) is 0 Å². The van der Waals surface area contributed by atoms with E-state index in [2.05, 4.69) is 0 Å². The summed E-state index contributed by atoms with van der Waals surface area (Å²) in [6.07, 6.45) is -1.29. The predicted octanol–water partition coefficient (Wildman–Crippen LogP) is 2.66. The highest BCUT2D eigenvalue weighted by atomic mass is 32.2. The quantitative estimate of drug-likeness (QED) is 0.782. The van der Waals surface area contributed by atoms with Gasteiger partial charge in [-0.1, -0.05) is 18.2 Å². The summed E-state index contributed by atoms with van der Waals surface area (Å²) in [5.41, 5.74) is 1.60. The number of alkyl halides is 1. The summed E-state index contributed by atoms with van der Waals surface area (Å²) in [5, 5.41) is 0. The molecule has 0 aliphatic carbocycles. The number of carbonyl (C=O) groups excluding carboxylic acids is 1. The van der Waals surface area contributed by atoms with E-state index in [0.29, 0.717) is 35.1 Å². The molecular formula is C19H17F3N2O3S. The molecule has 0 unspecified atom stereocenters. The summed E-state index contributed by atoms with van der Waals surface area (Å²) in [4.78, 5) is 13.6.